The quantitative estimate of drug-likeness (QED) is 0.858. The number of esters is 1. The average molecular weight is 271 g/mol. The van der Waals surface area contributed by atoms with Crippen LogP contribution in [0.1, 0.15) is 27.6 Å². The molecule has 1 N–H and O–H groups in total. The Hall–Kier alpha value is -2.81. The monoisotopic (exact) mass is 271 g/mol. The van der Waals surface area contributed by atoms with E-state index in [1.54, 1.807) is 31.3 Å². The van der Waals surface area contributed by atoms with Crippen molar-refractivity contribution >= 4 is 11.7 Å². The van der Waals surface area contributed by atoms with Crippen LogP contribution in [0.25, 0.3) is 0 Å². The van der Waals surface area contributed by atoms with Gasteiger partial charge in [0.25, 0.3) is 0 Å². The zero-order valence-electron chi connectivity index (χ0n) is 11.1. The highest BCUT2D eigenvalue weighted by Crippen LogP contribution is 2.17. The number of pyridine rings is 1. The van der Waals surface area contributed by atoms with Gasteiger partial charge in [-0.3, -0.25) is 0 Å². The summed E-state index contributed by atoms with van der Waals surface area (Å²) in [6.07, 6.45) is 1.57. The molecule has 0 saturated carbocycles. The third kappa shape index (κ3) is 2.95. The fourth-order valence-corrected chi connectivity index (χ4v) is 1.70. The fraction of sp³-hybridized carbons (Fsp3) is 0.214. The van der Waals surface area contributed by atoms with Gasteiger partial charge in [-0.1, -0.05) is 0 Å². The van der Waals surface area contributed by atoms with E-state index in [9.17, 15) is 4.79 Å². The average Bonchev–Trinajstić information content (AvgIpc) is 2.86. The lowest BCUT2D eigenvalue weighted by molar-refractivity contribution is 0.0599. The molecule has 0 unspecified atom stereocenters. The van der Waals surface area contributed by atoms with Crippen molar-refractivity contribution in [3.8, 4) is 6.07 Å². The minimum Gasteiger partial charge on any atom is -0.465 e. The summed E-state index contributed by atoms with van der Waals surface area (Å²) < 4.78 is 10.1. The molecule has 2 rings (SSSR count). The van der Waals surface area contributed by atoms with Crippen LogP contribution in [0, 0.1) is 18.3 Å². The first kappa shape index (κ1) is 13.6. The van der Waals surface area contributed by atoms with Crippen molar-refractivity contribution in [1.29, 1.82) is 5.26 Å². The first-order chi connectivity index (χ1) is 9.63. The van der Waals surface area contributed by atoms with Crippen molar-refractivity contribution < 1.29 is 13.9 Å². The van der Waals surface area contributed by atoms with E-state index in [1.807, 2.05) is 6.07 Å². The molecule has 102 valence electrons. The van der Waals surface area contributed by atoms with Gasteiger partial charge in [0.2, 0.25) is 0 Å². The molecule has 0 aliphatic heterocycles. The Labute approximate surface area is 116 Å². The number of aryl methyl sites for hydroxylation is 1. The molecule has 0 fully saturated rings. The van der Waals surface area contributed by atoms with Crippen LogP contribution in [-0.2, 0) is 11.3 Å². The molecule has 20 heavy (non-hydrogen) atoms. The van der Waals surface area contributed by atoms with Gasteiger partial charge in [0.15, 0.2) is 0 Å². The molecule has 0 spiro atoms. The highest BCUT2D eigenvalue weighted by atomic mass is 16.5. The Morgan fingerprint density at radius 3 is 2.95 bits per heavy atom. The molecule has 0 amide bonds. The molecule has 0 aliphatic carbocycles. The number of rotatable bonds is 4. The Morgan fingerprint density at radius 2 is 2.35 bits per heavy atom. The first-order valence-electron chi connectivity index (χ1n) is 5.91. The summed E-state index contributed by atoms with van der Waals surface area (Å²) in [7, 11) is 1.33. The Kier molecular flexibility index (Phi) is 4.01. The number of anilines is 1. The fourth-order valence-electron chi connectivity index (χ4n) is 1.70. The highest BCUT2D eigenvalue weighted by molar-refractivity contribution is 5.90. The second-order valence-electron chi connectivity index (χ2n) is 4.07. The molecule has 0 radical (unpaired) electrons. The molecule has 2 heterocycles. The summed E-state index contributed by atoms with van der Waals surface area (Å²) >= 11 is 0. The lowest BCUT2D eigenvalue weighted by atomic mass is 10.2. The van der Waals surface area contributed by atoms with Crippen LogP contribution < -0.4 is 5.32 Å². The number of carbonyl (C=O) groups is 1. The molecule has 2 aromatic rings. The normalized spacial score (nSPS) is 9.85. The molecule has 6 heteroatoms. The van der Waals surface area contributed by atoms with Gasteiger partial charge in [-0.2, -0.15) is 5.26 Å². The number of furan rings is 1. The molecular weight excluding hydrogens is 258 g/mol. The minimum absolute atomic E-state index is 0.359. The van der Waals surface area contributed by atoms with Crippen molar-refractivity contribution in [2.75, 3.05) is 12.4 Å². The van der Waals surface area contributed by atoms with Crippen LogP contribution in [0.5, 0.6) is 0 Å². The molecule has 0 aliphatic rings. The topological polar surface area (TPSA) is 88.1 Å². The number of ether oxygens (including phenoxy) is 1. The zero-order valence-corrected chi connectivity index (χ0v) is 11.1. The van der Waals surface area contributed by atoms with E-state index < -0.39 is 5.97 Å². The molecule has 0 bridgehead atoms. The van der Waals surface area contributed by atoms with E-state index in [2.05, 4.69) is 15.0 Å². The van der Waals surface area contributed by atoms with Gasteiger partial charge in [0.1, 0.15) is 28.8 Å². The van der Waals surface area contributed by atoms with Gasteiger partial charge in [-0.15, -0.1) is 0 Å². The van der Waals surface area contributed by atoms with Gasteiger partial charge >= 0.3 is 5.97 Å². The second-order valence-corrected chi connectivity index (χ2v) is 4.07. The van der Waals surface area contributed by atoms with E-state index in [1.165, 1.54) is 7.11 Å². The summed E-state index contributed by atoms with van der Waals surface area (Å²) in [5, 5.41) is 11.7. The third-order valence-corrected chi connectivity index (χ3v) is 2.72. The Bertz CT molecular complexity index is 653. The number of nitrogens with zero attached hydrogens (tertiary/aromatic N) is 2. The summed E-state index contributed by atoms with van der Waals surface area (Å²) in [6.45, 7) is 2.12. The Balaban J connectivity index is 2.03. The molecule has 0 saturated heterocycles. The standard InChI is InChI=1S/C14H13N3O3/c1-9-13(14(18)19-2)5-12(20-9)8-17-11-4-3-10(6-15)16-7-11/h3-5,7,17H,8H2,1-2H3. The van der Waals surface area contributed by atoms with E-state index in [-0.39, 0.29) is 0 Å². The highest BCUT2D eigenvalue weighted by Gasteiger charge is 2.14. The maximum absolute atomic E-state index is 11.4. The summed E-state index contributed by atoms with van der Waals surface area (Å²) in [4.78, 5) is 15.4. The van der Waals surface area contributed by atoms with Crippen molar-refractivity contribution in [2.24, 2.45) is 0 Å². The maximum Gasteiger partial charge on any atom is 0.341 e. The Morgan fingerprint density at radius 1 is 1.55 bits per heavy atom. The van der Waals surface area contributed by atoms with Crippen LogP contribution in [0.3, 0.4) is 0 Å². The van der Waals surface area contributed by atoms with Crippen molar-refractivity contribution in [3.63, 3.8) is 0 Å². The zero-order chi connectivity index (χ0) is 14.5. The van der Waals surface area contributed by atoms with Crippen molar-refractivity contribution in [1.82, 2.24) is 4.98 Å². The maximum atomic E-state index is 11.4. The molecule has 6 nitrogen and oxygen atoms in total. The predicted molar refractivity (Wildman–Crippen MR) is 71.1 cm³/mol. The van der Waals surface area contributed by atoms with Crippen molar-refractivity contribution in [3.05, 3.63) is 47.2 Å². The van der Waals surface area contributed by atoms with Crippen LogP contribution in [0.4, 0.5) is 5.69 Å². The van der Waals surface area contributed by atoms with Gasteiger partial charge in [-0.05, 0) is 25.1 Å². The van der Waals surface area contributed by atoms with E-state index in [0.717, 1.165) is 5.69 Å². The van der Waals surface area contributed by atoms with E-state index in [0.29, 0.717) is 29.3 Å². The number of hydrogen-bond acceptors (Lipinski definition) is 6. The second kappa shape index (κ2) is 5.89. The predicted octanol–water partition coefficient (Wildman–Crippen LogP) is 2.25. The SMILES string of the molecule is COC(=O)c1cc(CNc2ccc(C#N)nc2)oc1C. The summed E-state index contributed by atoms with van der Waals surface area (Å²) in [6, 6.07) is 6.97. The van der Waals surface area contributed by atoms with E-state index >= 15 is 0 Å². The van der Waals surface area contributed by atoms with Gasteiger partial charge in [0, 0.05) is 0 Å². The number of hydrogen-bond donors (Lipinski definition) is 1. The van der Waals surface area contributed by atoms with E-state index in [4.69, 9.17) is 9.68 Å². The largest absolute Gasteiger partial charge is 0.465 e. The van der Waals surface area contributed by atoms with Crippen LogP contribution >= 0.6 is 0 Å². The van der Waals surface area contributed by atoms with Gasteiger partial charge < -0.3 is 14.5 Å². The molecule has 0 atom stereocenters. The van der Waals surface area contributed by atoms with Crippen LogP contribution in [0.15, 0.2) is 28.8 Å². The van der Waals surface area contributed by atoms with Crippen LogP contribution in [-0.4, -0.2) is 18.1 Å². The third-order valence-electron chi connectivity index (χ3n) is 2.72. The van der Waals surface area contributed by atoms with Gasteiger partial charge in [-0.25, -0.2) is 9.78 Å². The summed E-state index contributed by atoms with van der Waals surface area (Å²) in [5.74, 6) is 0.719. The van der Waals surface area contributed by atoms with Crippen molar-refractivity contribution in [2.45, 2.75) is 13.5 Å². The number of nitrogens with one attached hydrogen (secondary N) is 1. The van der Waals surface area contributed by atoms with Crippen LogP contribution in [0.2, 0.25) is 0 Å². The smallest absolute Gasteiger partial charge is 0.341 e. The molecular formula is C14H13N3O3. The lowest BCUT2D eigenvalue weighted by Gasteiger charge is -2.03. The minimum atomic E-state index is -0.419. The number of carbonyl (C=O) groups excluding carboxylic acids is 1. The summed E-state index contributed by atoms with van der Waals surface area (Å²) in [5.41, 5.74) is 1.54. The number of methoxy groups -OCH3 is 1. The number of aromatic nitrogens is 1. The molecule has 2 aromatic heterocycles. The molecule has 0 aromatic carbocycles. The lowest BCUT2D eigenvalue weighted by Crippen LogP contribution is -2.01. The number of nitriles is 1. The first-order valence-corrected chi connectivity index (χ1v) is 5.91. The van der Waals surface area contributed by atoms with Gasteiger partial charge in [0.05, 0.1) is 25.5 Å².